The smallest absolute Gasteiger partial charge is 0.406 e. The third-order valence-electron chi connectivity index (χ3n) is 2.96. The average Bonchev–Trinajstić information content (AvgIpc) is 2.67. The molecule has 0 fully saturated rings. The van der Waals surface area contributed by atoms with E-state index in [4.69, 9.17) is 11.6 Å². The molecule has 0 atom stereocenters. The summed E-state index contributed by atoms with van der Waals surface area (Å²) in [6.45, 7) is 3.40. The van der Waals surface area contributed by atoms with Gasteiger partial charge in [-0.25, -0.2) is 0 Å². The van der Waals surface area contributed by atoms with Gasteiger partial charge in [-0.2, -0.15) is 5.10 Å². The molecular formula is C14H13ClF3N3O2. The molecule has 0 unspecified atom stereocenters. The molecule has 0 aliphatic heterocycles. The van der Waals surface area contributed by atoms with E-state index in [1.54, 1.807) is 13.8 Å². The second-order valence-electron chi connectivity index (χ2n) is 4.76. The zero-order chi connectivity index (χ0) is 17.2. The van der Waals surface area contributed by atoms with Gasteiger partial charge < -0.3 is 10.1 Å². The molecule has 2 aromatic rings. The van der Waals surface area contributed by atoms with Crippen LogP contribution in [0.5, 0.6) is 5.75 Å². The Morgan fingerprint density at radius 3 is 2.39 bits per heavy atom. The van der Waals surface area contributed by atoms with Crippen molar-refractivity contribution in [2.24, 2.45) is 0 Å². The number of aryl methyl sites for hydroxylation is 1. The van der Waals surface area contributed by atoms with Crippen LogP contribution in [0.3, 0.4) is 0 Å². The summed E-state index contributed by atoms with van der Waals surface area (Å²) in [7, 11) is 0. The lowest BCUT2D eigenvalue weighted by Gasteiger charge is -2.10. The van der Waals surface area contributed by atoms with Crippen molar-refractivity contribution in [2.45, 2.75) is 26.8 Å². The van der Waals surface area contributed by atoms with Crippen molar-refractivity contribution in [2.75, 3.05) is 5.32 Å². The standard InChI is InChI=1S/C14H13ClF3N3O2/c1-8-13(15)9(2)21(20-8)7-12(22)19-10-3-5-11(6-4-10)23-14(16,17)18/h3-6H,7H2,1-2H3,(H,19,22). The molecule has 124 valence electrons. The van der Waals surface area contributed by atoms with Crippen LogP contribution in [0.15, 0.2) is 24.3 Å². The lowest BCUT2D eigenvalue weighted by atomic mass is 10.3. The van der Waals surface area contributed by atoms with Crippen molar-refractivity contribution in [3.05, 3.63) is 40.7 Å². The van der Waals surface area contributed by atoms with Crippen LogP contribution in [-0.4, -0.2) is 22.1 Å². The minimum absolute atomic E-state index is 0.0554. The molecule has 5 nitrogen and oxygen atoms in total. The molecule has 0 saturated carbocycles. The summed E-state index contributed by atoms with van der Waals surface area (Å²) in [5, 5.41) is 7.17. The minimum atomic E-state index is -4.75. The highest BCUT2D eigenvalue weighted by molar-refractivity contribution is 6.31. The molecule has 0 bridgehead atoms. The summed E-state index contributed by atoms with van der Waals surface area (Å²) in [4.78, 5) is 11.9. The third kappa shape index (κ3) is 4.62. The summed E-state index contributed by atoms with van der Waals surface area (Å²) in [6, 6.07) is 4.85. The molecule has 1 aromatic carbocycles. The number of amides is 1. The quantitative estimate of drug-likeness (QED) is 0.917. The first kappa shape index (κ1) is 17.1. The maximum Gasteiger partial charge on any atom is 0.573 e. The first-order valence-electron chi connectivity index (χ1n) is 6.51. The molecule has 0 spiro atoms. The SMILES string of the molecule is Cc1nn(CC(=O)Nc2ccc(OC(F)(F)F)cc2)c(C)c1Cl. The number of hydrogen-bond acceptors (Lipinski definition) is 3. The van der Waals surface area contributed by atoms with Crippen LogP contribution in [0, 0.1) is 13.8 Å². The van der Waals surface area contributed by atoms with Gasteiger partial charge in [0.15, 0.2) is 0 Å². The van der Waals surface area contributed by atoms with Crippen LogP contribution in [0.25, 0.3) is 0 Å². The number of carbonyl (C=O) groups is 1. The first-order valence-corrected chi connectivity index (χ1v) is 6.88. The Hall–Kier alpha value is -2.22. The summed E-state index contributed by atoms with van der Waals surface area (Å²) < 4.78 is 41.4. The van der Waals surface area contributed by atoms with Gasteiger partial charge in [0.1, 0.15) is 12.3 Å². The van der Waals surface area contributed by atoms with Crippen LogP contribution in [0.4, 0.5) is 18.9 Å². The monoisotopic (exact) mass is 347 g/mol. The number of alkyl halides is 3. The maximum absolute atomic E-state index is 12.1. The van der Waals surface area contributed by atoms with Gasteiger partial charge in [-0.3, -0.25) is 9.48 Å². The average molecular weight is 348 g/mol. The van der Waals surface area contributed by atoms with Gasteiger partial charge in [0, 0.05) is 5.69 Å². The highest BCUT2D eigenvalue weighted by atomic mass is 35.5. The van der Waals surface area contributed by atoms with Crippen molar-refractivity contribution >= 4 is 23.2 Å². The molecule has 1 amide bonds. The zero-order valence-corrected chi connectivity index (χ0v) is 13.0. The molecule has 0 saturated heterocycles. The van der Waals surface area contributed by atoms with Crippen molar-refractivity contribution in [3.63, 3.8) is 0 Å². The maximum atomic E-state index is 12.1. The Kier molecular flexibility index (Phi) is 4.84. The second-order valence-corrected chi connectivity index (χ2v) is 5.14. The number of carbonyl (C=O) groups excluding carboxylic acids is 1. The largest absolute Gasteiger partial charge is 0.573 e. The van der Waals surface area contributed by atoms with E-state index in [1.165, 1.54) is 16.8 Å². The second kappa shape index (κ2) is 6.49. The van der Waals surface area contributed by atoms with E-state index >= 15 is 0 Å². The molecule has 9 heteroatoms. The van der Waals surface area contributed by atoms with E-state index in [9.17, 15) is 18.0 Å². The number of benzene rings is 1. The molecule has 1 N–H and O–H groups in total. The van der Waals surface area contributed by atoms with Crippen LogP contribution >= 0.6 is 11.6 Å². The number of nitrogens with zero attached hydrogens (tertiary/aromatic N) is 2. The summed E-state index contributed by atoms with van der Waals surface area (Å²) in [5.41, 5.74) is 1.62. The lowest BCUT2D eigenvalue weighted by molar-refractivity contribution is -0.274. The van der Waals surface area contributed by atoms with Gasteiger partial charge in [-0.05, 0) is 38.1 Å². The van der Waals surface area contributed by atoms with Crippen LogP contribution in [0.2, 0.25) is 5.02 Å². The Morgan fingerprint density at radius 2 is 1.91 bits per heavy atom. The fourth-order valence-electron chi connectivity index (χ4n) is 1.91. The normalized spacial score (nSPS) is 11.4. The summed E-state index contributed by atoms with van der Waals surface area (Å²) in [5.74, 6) is -0.738. The minimum Gasteiger partial charge on any atom is -0.406 e. The van der Waals surface area contributed by atoms with Gasteiger partial charge >= 0.3 is 6.36 Å². The Labute approximate surface area is 135 Å². The van der Waals surface area contributed by atoms with Gasteiger partial charge in [0.2, 0.25) is 5.91 Å². The van der Waals surface area contributed by atoms with E-state index in [1.807, 2.05) is 0 Å². The molecule has 0 aliphatic carbocycles. The van der Waals surface area contributed by atoms with Gasteiger partial charge in [-0.15, -0.1) is 13.2 Å². The van der Waals surface area contributed by atoms with Gasteiger partial charge in [0.25, 0.3) is 0 Å². The molecular weight excluding hydrogens is 335 g/mol. The topological polar surface area (TPSA) is 56.2 Å². The van der Waals surface area contributed by atoms with E-state index < -0.39 is 6.36 Å². The van der Waals surface area contributed by atoms with Crippen molar-refractivity contribution in [3.8, 4) is 5.75 Å². The lowest BCUT2D eigenvalue weighted by Crippen LogP contribution is -2.20. The molecule has 2 rings (SSSR count). The Bertz CT molecular complexity index is 711. The summed E-state index contributed by atoms with van der Waals surface area (Å²) >= 11 is 5.99. The molecule has 23 heavy (non-hydrogen) atoms. The van der Waals surface area contributed by atoms with E-state index in [0.29, 0.717) is 22.1 Å². The molecule has 0 radical (unpaired) electrons. The number of anilines is 1. The summed E-state index contributed by atoms with van der Waals surface area (Å²) in [6.07, 6.45) is -4.75. The predicted octanol–water partition coefficient (Wildman–Crippen LogP) is 3.69. The number of hydrogen-bond donors (Lipinski definition) is 1. The number of halogens is 4. The third-order valence-corrected chi connectivity index (χ3v) is 3.51. The van der Waals surface area contributed by atoms with Gasteiger partial charge in [-0.1, -0.05) is 11.6 Å². The Morgan fingerprint density at radius 1 is 1.30 bits per heavy atom. The van der Waals surface area contributed by atoms with Crippen LogP contribution in [-0.2, 0) is 11.3 Å². The van der Waals surface area contributed by atoms with Crippen molar-refractivity contribution in [1.29, 1.82) is 0 Å². The van der Waals surface area contributed by atoms with Crippen LogP contribution in [0.1, 0.15) is 11.4 Å². The number of rotatable bonds is 4. The fourth-order valence-corrected chi connectivity index (χ4v) is 2.04. The van der Waals surface area contributed by atoms with Crippen LogP contribution < -0.4 is 10.1 Å². The molecule has 0 aliphatic rings. The highest BCUT2D eigenvalue weighted by Gasteiger charge is 2.30. The first-order chi connectivity index (χ1) is 10.7. The van der Waals surface area contributed by atoms with Crippen molar-refractivity contribution in [1.82, 2.24) is 9.78 Å². The number of ether oxygens (including phenoxy) is 1. The van der Waals surface area contributed by atoms with E-state index in [0.717, 1.165) is 12.1 Å². The molecule has 1 aromatic heterocycles. The van der Waals surface area contributed by atoms with E-state index in [-0.39, 0.29) is 18.2 Å². The predicted molar refractivity (Wildman–Crippen MR) is 78.5 cm³/mol. The Balaban J connectivity index is 1.99. The van der Waals surface area contributed by atoms with E-state index in [2.05, 4.69) is 15.2 Å². The number of nitrogens with one attached hydrogen (secondary N) is 1. The van der Waals surface area contributed by atoms with Crippen molar-refractivity contribution < 1.29 is 22.7 Å². The highest BCUT2D eigenvalue weighted by Crippen LogP contribution is 2.24. The molecule has 1 heterocycles. The number of aromatic nitrogens is 2. The fraction of sp³-hybridized carbons (Fsp3) is 0.286. The van der Waals surface area contributed by atoms with Gasteiger partial charge in [0.05, 0.1) is 16.4 Å². The zero-order valence-electron chi connectivity index (χ0n) is 12.2.